The minimum atomic E-state index is -0.685. The molecule has 0 saturated heterocycles. The van der Waals surface area contributed by atoms with Crippen LogP contribution in [0.2, 0.25) is 0 Å². The van der Waals surface area contributed by atoms with Gasteiger partial charge in [-0.3, -0.25) is 24.2 Å². The first-order chi connectivity index (χ1) is 10.8. The van der Waals surface area contributed by atoms with Gasteiger partial charge in [0, 0.05) is 13.6 Å². The molecule has 1 aliphatic heterocycles. The number of aromatic nitrogens is 2. The van der Waals surface area contributed by atoms with Crippen LogP contribution in [-0.2, 0) is 29.8 Å². The fraction of sp³-hybridized carbons (Fsp3) is 0.500. The lowest BCUT2D eigenvalue weighted by atomic mass is 10.3. The zero-order chi connectivity index (χ0) is 17.1. The van der Waals surface area contributed by atoms with Crippen LogP contribution in [0.25, 0.3) is 0 Å². The number of hydrogen-bond donors (Lipinski definition) is 4. The maximum absolute atomic E-state index is 12.5. The van der Waals surface area contributed by atoms with Crippen LogP contribution in [0, 0.1) is 0 Å². The highest BCUT2D eigenvalue weighted by atomic mass is 16.7. The number of amidine groups is 1. The minimum Gasteiger partial charge on any atom is -0.385 e. The van der Waals surface area contributed by atoms with E-state index >= 15 is 0 Å². The van der Waals surface area contributed by atoms with E-state index in [1.165, 1.54) is 7.05 Å². The number of amides is 1. The standard InChI is InChI=1S/C12H19N7O4/c1-6-16-9(23-17-6)5-19-11(21)7(3-15-4-8(13)20)10(14)18(2)12(19)22/h9,15H,3-5,14H2,1-2H3,(H2,13,20)(H,16,17). The molecule has 0 bridgehead atoms. The lowest BCUT2D eigenvalue weighted by Crippen LogP contribution is -2.45. The minimum absolute atomic E-state index is 0.00773. The highest BCUT2D eigenvalue weighted by Gasteiger charge is 2.21. The second kappa shape index (κ2) is 6.62. The van der Waals surface area contributed by atoms with Crippen LogP contribution >= 0.6 is 0 Å². The van der Waals surface area contributed by atoms with Gasteiger partial charge in [-0.25, -0.2) is 14.6 Å². The van der Waals surface area contributed by atoms with Gasteiger partial charge in [-0.15, -0.1) is 0 Å². The lowest BCUT2D eigenvalue weighted by Gasteiger charge is -2.15. The number of nitrogens with zero attached hydrogens (tertiary/aromatic N) is 3. The van der Waals surface area contributed by atoms with Gasteiger partial charge >= 0.3 is 5.69 Å². The summed E-state index contributed by atoms with van der Waals surface area (Å²) in [5.74, 6) is 0.0148. The van der Waals surface area contributed by atoms with Gasteiger partial charge in [0.05, 0.1) is 18.7 Å². The van der Waals surface area contributed by atoms with Gasteiger partial charge in [0.2, 0.25) is 5.91 Å². The third-order valence-electron chi connectivity index (χ3n) is 3.31. The Morgan fingerprint density at radius 3 is 2.74 bits per heavy atom. The van der Waals surface area contributed by atoms with Gasteiger partial charge < -0.3 is 16.8 Å². The topological polar surface area (TPSA) is 159 Å². The molecule has 1 unspecified atom stereocenters. The van der Waals surface area contributed by atoms with Crippen molar-refractivity contribution in [3.8, 4) is 0 Å². The number of aliphatic imine (C=N–C) groups is 1. The highest BCUT2D eigenvalue weighted by molar-refractivity contribution is 5.79. The molecular weight excluding hydrogens is 306 g/mol. The Bertz CT molecular complexity index is 764. The van der Waals surface area contributed by atoms with Crippen LogP contribution in [0.15, 0.2) is 14.6 Å². The van der Waals surface area contributed by atoms with Gasteiger partial charge in [-0.2, -0.15) is 0 Å². The Morgan fingerprint density at radius 1 is 1.48 bits per heavy atom. The first-order valence-corrected chi connectivity index (χ1v) is 6.84. The molecule has 0 aromatic carbocycles. The molecule has 1 aromatic heterocycles. The molecule has 1 amide bonds. The summed E-state index contributed by atoms with van der Waals surface area (Å²) in [6.45, 7) is 1.54. The van der Waals surface area contributed by atoms with Crippen molar-refractivity contribution in [2.24, 2.45) is 17.8 Å². The summed E-state index contributed by atoms with van der Waals surface area (Å²) in [5, 5.41) is 2.70. The molecule has 0 fully saturated rings. The number of hydrogen-bond acceptors (Lipinski definition) is 8. The SMILES string of the molecule is CC1=NC(Cn2c(=O)c(CNCC(N)=O)c(N)n(C)c2=O)ON1. The van der Waals surface area contributed by atoms with E-state index in [2.05, 4.69) is 15.8 Å². The average Bonchev–Trinajstić information content (AvgIpc) is 2.90. The van der Waals surface area contributed by atoms with E-state index < -0.39 is 23.4 Å². The molecule has 6 N–H and O–H groups in total. The summed E-state index contributed by atoms with van der Waals surface area (Å²) in [4.78, 5) is 44.7. The van der Waals surface area contributed by atoms with E-state index in [9.17, 15) is 14.4 Å². The molecule has 2 heterocycles. The average molecular weight is 325 g/mol. The molecule has 126 valence electrons. The monoisotopic (exact) mass is 325 g/mol. The molecule has 11 nitrogen and oxygen atoms in total. The number of nitrogen functional groups attached to an aromatic ring is 1. The van der Waals surface area contributed by atoms with Crippen molar-refractivity contribution in [3.63, 3.8) is 0 Å². The van der Waals surface area contributed by atoms with Crippen LogP contribution in [0.3, 0.4) is 0 Å². The largest absolute Gasteiger partial charge is 0.385 e. The van der Waals surface area contributed by atoms with Gasteiger partial charge in [-0.1, -0.05) is 0 Å². The van der Waals surface area contributed by atoms with Crippen molar-refractivity contribution in [2.75, 3.05) is 12.3 Å². The van der Waals surface area contributed by atoms with Crippen LogP contribution in [0.4, 0.5) is 5.82 Å². The number of carbonyl (C=O) groups excluding carboxylic acids is 1. The molecule has 0 saturated carbocycles. The lowest BCUT2D eigenvalue weighted by molar-refractivity contribution is -0.117. The zero-order valence-electron chi connectivity index (χ0n) is 12.8. The van der Waals surface area contributed by atoms with Gasteiger partial charge in [0.25, 0.3) is 5.56 Å². The second-order valence-electron chi connectivity index (χ2n) is 5.08. The van der Waals surface area contributed by atoms with E-state index in [1.807, 2.05) is 0 Å². The van der Waals surface area contributed by atoms with Crippen molar-refractivity contribution < 1.29 is 9.63 Å². The summed E-state index contributed by atoms with van der Waals surface area (Å²) >= 11 is 0. The molecule has 1 atom stereocenters. The maximum Gasteiger partial charge on any atom is 0.332 e. The Kier molecular flexibility index (Phi) is 4.81. The summed E-state index contributed by atoms with van der Waals surface area (Å²) in [6, 6.07) is 0. The van der Waals surface area contributed by atoms with Crippen molar-refractivity contribution in [2.45, 2.75) is 26.2 Å². The smallest absolute Gasteiger partial charge is 0.332 e. The maximum atomic E-state index is 12.5. The molecule has 11 heteroatoms. The molecule has 0 radical (unpaired) electrons. The fourth-order valence-corrected chi connectivity index (χ4v) is 2.14. The number of primary amides is 1. The van der Waals surface area contributed by atoms with Gasteiger partial charge in [-0.05, 0) is 6.92 Å². The molecule has 1 aliphatic rings. The van der Waals surface area contributed by atoms with E-state index in [4.69, 9.17) is 16.3 Å². The number of carbonyl (C=O) groups is 1. The highest BCUT2D eigenvalue weighted by Crippen LogP contribution is 2.05. The molecule has 2 rings (SSSR count). The predicted molar refractivity (Wildman–Crippen MR) is 82.4 cm³/mol. The molecule has 1 aromatic rings. The summed E-state index contributed by atoms with van der Waals surface area (Å²) in [7, 11) is 1.45. The van der Waals surface area contributed by atoms with Crippen molar-refractivity contribution in [1.82, 2.24) is 19.9 Å². The first kappa shape index (κ1) is 16.7. The first-order valence-electron chi connectivity index (χ1n) is 6.84. The normalized spacial score (nSPS) is 17.0. The quantitative estimate of drug-likeness (QED) is 0.433. The van der Waals surface area contributed by atoms with Gasteiger partial charge in [0.1, 0.15) is 11.7 Å². The number of rotatable bonds is 6. The Balaban J connectivity index is 2.34. The summed E-state index contributed by atoms with van der Waals surface area (Å²) < 4.78 is 2.15. The van der Waals surface area contributed by atoms with Crippen LogP contribution < -0.4 is 33.5 Å². The summed E-state index contributed by atoms with van der Waals surface area (Å²) in [6.07, 6.45) is -0.685. The Morgan fingerprint density at radius 2 is 2.17 bits per heavy atom. The van der Waals surface area contributed by atoms with Crippen LogP contribution in [0.5, 0.6) is 0 Å². The van der Waals surface area contributed by atoms with Gasteiger partial charge in [0.15, 0.2) is 6.23 Å². The van der Waals surface area contributed by atoms with Crippen LogP contribution in [0.1, 0.15) is 12.5 Å². The van der Waals surface area contributed by atoms with Crippen molar-refractivity contribution >= 4 is 17.6 Å². The van der Waals surface area contributed by atoms with E-state index in [0.717, 1.165) is 9.13 Å². The number of anilines is 1. The molecule has 0 aliphatic carbocycles. The van der Waals surface area contributed by atoms with E-state index in [-0.39, 0.29) is 31.0 Å². The molecular formula is C12H19N7O4. The zero-order valence-corrected chi connectivity index (χ0v) is 12.8. The fourth-order valence-electron chi connectivity index (χ4n) is 2.14. The molecule has 0 spiro atoms. The Hall–Kier alpha value is -2.66. The number of nitrogens with one attached hydrogen (secondary N) is 2. The number of nitrogens with two attached hydrogens (primary N) is 2. The molecule has 23 heavy (non-hydrogen) atoms. The summed E-state index contributed by atoms with van der Waals surface area (Å²) in [5.41, 5.74) is 12.4. The van der Waals surface area contributed by atoms with E-state index in [0.29, 0.717) is 5.84 Å². The second-order valence-corrected chi connectivity index (χ2v) is 5.08. The van der Waals surface area contributed by atoms with Crippen molar-refractivity contribution in [1.29, 1.82) is 0 Å². The Labute approximate surface area is 130 Å². The third kappa shape index (κ3) is 3.57. The van der Waals surface area contributed by atoms with E-state index in [1.54, 1.807) is 6.92 Å². The predicted octanol–water partition coefficient (Wildman–Crippen LogP) is -3.02. The third-order valence-corrected chi connectivity index (χ3v) is 3.31. The van der Waals surface area contributed by atoms with Crippen molar-refractivity contribution in [3.05, 3.63) is 26.4 Å². The number of hydroxylamine groups is 1. The van der Waals surface area contributed by atoms with Crippen LogP contribution in [-0.4, -0.2) is 33.6 Å².